The first kappa shape index (κ1) is 15.0. The van der Waals surface area contributed by atoms with Gasteiger partial charge in [0.05, 0.1) is 7.11 Å². The molecule has 1 aromatic heterocycles. The summed E-state index contributed by atoms with van der Waals surface area (Å²) in [6.45, 7) is 4.61. The molecule has 0 unspecified atom stereocenters. The number of primary amides is 1. The summed E-state index contributed by atoms with van der Waals surface area (Å²) in [6, 6.07) is 0.399. The van der Waals surface area contributed by atoms with Gasteiger partial charge in [-0.25, -0.2) is 0 Å². The van der Waals surface area contributed by atoms with Crippen LogP contribution < -0.4 is 21.5 Å². The number of hydrogen-bond acceptors (Lipinski definition) is 5. The maximum Gasteiger partial charge on any atom is 0.261 e. The molecule has 0 aromatic carbocycles. The van der Waals surface area contributed by atoms with E-state index in [-0.39, 0.29) is 0 Å². The molecule has 112 valence electrons. The zero-order valence-electron chi connectivity index (χ0n) is 12.3. The number of amides is 1. The van der Waals surface area contributed by atoms with E-state index < -0.39 is 5.91 Å². The third kappa shape index (κ3) is 3.00. The monoisotopic (exact) mass is 297 g/mol. The minimum absolute atomic E-state index is 0.337. The molecule has 1 saturated carbocycles. The molecule has 1 aliphatic carbocycles. The maximum absolute atomic E-state index is 11.3. The molecule has 0 spiro atoms. The first-order valence-corrected chi connectivity index (χ1v) is 7.68. The number of hydrogen-bond donors (Lipinski definition) is 3. The lowest BCUT2D eigenvalue weighted by Gasteiger charge is -2.34. The SMILES string of the molecule is COc1c(NC2CCC(C)(C)CC2)sc(C(N)=O)c1N. The highest BCUT2D eigenvalue weighted by molar-refractivity contribution is 7.19. The van der Waals surface area contributed by atoms with Gasteiger partial charge in [-0.3, -0.25) is 4.79 Å². The number of nitrogens with one attached hydrogen (secondary N) is 1. The van der Waals surface area contributed by atoms with Gasteiger partial charge in [0, 0.05) is 6.04 Å². The highest BCUT2D eigenvalue weighted by atomic mass is 32.1. The van der Waals surface area contributed by atoms with Crippen molar-refractivity contribution in [3.8, 4) is 5.75 Å². The van der Waals surface area contributed by atoms with Gasteiger partial charge in [-0.15, -0.1) is 11.3 Å². The maximum atomic E-state index is 11.3. The van der Waals surface area contributed by atoms with Gasteiger partial charge >= 0.3 is 0 Å². The van der Waals surface area contributed by atoms with E-state index >= 15 is 0 Å². The molecule has 6 heteroatoms. The molecule has 0 radical (unpaired) electrons. The van der Waals surface area contributed by atoms with E-state index in [0.29, 0.717) is 27.8 Å². The van der Waals surface area contributed by atoms with E-state index in [9.17, 15) is 4.79 Å². The van der Waals surface area contributed by atoms with Gasteiger partial charge in [0.25, 0.3) is 5.91 Å². The minimum atomic E-state index is -0.511. The van der Waals surface area contributed by atoms with Crippen LogP contribution in [-0.2, 0) is 0 Å². The van der Waals surface area contributed by atoms with Gasteiger partial charge in [0.1, 0.15) is 15.6 Å². The van der Waals surface area contributed by atoms with Crippen molar-refractivity contribution in [2.45, 2.75) is 45.6 Å². The van der Waals surface area contributed by atoms with Crippen molar-refractivity contribution >= 4 is 27.9 Å². The first-order valence-electron chi connectivity index (χ1n) is 6.86. The van der Waals surface area contributed by atoms with Crippen LogP contribution in [-0.4, -0.2) is 19.1 Å². The Kier molecular flexibility index (Phi) is 4.13. The molecule has 0 saturated heterocycles. The van der Waals surface area contributed by atoms with E-state index in [1.54, 1.807) is 7.11 Å². The number of nitrogen functional groups attached to an aromatic ring is 1. The topological polar surface area (TPSA) is 90.4 Å². The molecule has 5 N–H and O–H groups in total. The summed E-state index contributed by atoms with van der Waals surface area (Å²) in [4.78, 5) is 11.7. The smallest absolute Gasteiger partial charge is 0.261 e. The van der Waals surface area contributed by atoms with Crippen LogP contribution in [0.25, 0.3) is 0 Å². The summed E-state index contributed by atoms with van der Waals surface area (Å²) < 4.78 is 5.30. The Morgan fingerprint density at radius 1 is 1.40 bits per heavy atom. The molecule has 5 nitrogen and oxygen atoms in total. The second-order valence-electron chi connectivity index (χ2n) is 6.15. The Bertz CT molecular complexity index is 501. The van der Waals surface area contributed by atoms with Crippen LogP contribution in [0.1, 0.15) is 49.2 Å². The van der Waals surface area contributed by atoms with E-state index in [0.717, 1.165) is 17.8 Å². The second kappa shape index (κ2) is 5.52. The molecule has 2 rings (SSSR count). The van der Waals surface area contributed by atoms with Gasteiger partial charge < -0.3 is 21.5 Å². The number of thiophene rings is 1. The molecular weight excluding hydrogens is 274 g/mol. The molecule has 0 aliphatic heterocycles. The largest absolute Gasteiger partial charge is 0.492 e. The number of carbonyl (C=O) groups excluding carboxylic acids is 1. The van der Waals surface area contributed by atoms with Crippen molar-refractivity contribution in [1.82, 2.24) is 0 Å². The van der Waals surface area contributed by atoms with Gasteiger partial charge in [-0.2, -0.15) is 0 Å². The predicted molar refractivity (Wildman–Crippen MR) is 83.5 cm³/mol. The van der Waals surface area contributed by atoms with Gasteiger partial charge in [0.2, 0.25) is 0 Å². The predicted octanol–water partition coefficient (Wildman–Crippen LogP) is 2.82. The van der Waals surface area contributed by atoms with Crippen molar-refractivity contribution in [3.05, 3.63) is 4.88 Å². The number of anilines is 2. The summed E-state index contributed by atoms with van der Waals surface area (Å²) in [7, 11) is 1.55. The Hall–Kier alpha value is -1.43. The lowest BCUT2D eigenvalue weighted by atomic mass is 9.75. The molecule has 20 heavy (non-hydrogen) atoms. The van der Waals surface area contributed by atoms with Crippen molar-refractivity contribution in [1.29, 1.82) is 0 Å². The molecule has 1 aromatic rings. The second-order valence-corrected chi connectivity index (χ2v) is 7.17. The zero-order valence-corrected chi connectivity index (χ0v) is 13.1. The number of ether oxygens (including phenoxy) is 1. The Labute approximate surface area is 123 Å². The van der Waals surface area contributed by atoms with E-state index in [1.165, 1.54) is 24.2 Å². The van der Waals surface area contributed by atoms with Crippen molar-refractivity contribution in [3.63, 3.8) is 0 Å². The summed E-state index contributed by atoms with van der Waals surface area (Å²) in [5, 5.41) is 4.27. The Morgan fingerprint density at radius 2 is 2.00 bits per heavy atom. The van der Waals surface area contributed by atoms with Crippen LogP contribution >= 0.6 is 11.3 Å². The van der Waals surface area contributed by atoms with Crippen molar-refractivity contribution in [2.24, 2.45) is 11.1 Å². The quantitative estimate of drug-likeness (QED) is 0.797. The standard InChI is InChI=1S/C14H23N3O2S/c1-14(2)6-4-8(5-7-14)17-13-10(19-3)9(15)11(20-13)12(16)18/h8,17H,4-7,15H2,1-3H3,(H2,16,18). The van der Waals surface area contributed by atoms with Crippen LogP contribution in [0.15, 0.2) is 0 Å². The average Bonchev–Trinajstić information content (AvgIpc) is 2.68. The Morgan fingerprint density at radius 3 is 2.50 bits per heavy atom. The molecule has 1 aliphatic rings. The summed E-state index contributed by atoms with van der Waals surface area (Å²) in [5.41, 5.74) is 12.0. The summed E-state index contributed by atoms with van der Waals surface area (Å²) >= 11 is 1.28. The highest BCUT2D eigenvalue weighted by Gasteiger charge is 2.28. The molecule has 1 fully saturated rings. The van der Waals surface area contributed by atoms with Crippen molar-refractivity contribution in [2.75, 3.05) is 18.2 Å². The molecule has 0 bridgehead atoms. The molecule has 0 atom stereocenters. The normalized spacial score (nSPS) is 18.8. The highest BCUT2D eigenvalue weighted by Crippen LogP contribution is 2.44. The van der Waals surface area contributed by atoms with Crippen molar-refractivity contribution < 1.29 is 9.53 Å². The molecular formula is C14H23N3O2S. The van der Waals surface area contributed by atoms with Gasteiger partial charge in [-0.05, 0) is 31.1 Å². The van der Waals surface area contributed by atoms with Crippen LogP contribution in [0.5, 0.6) is 5.75 Å². The number of methoxy groups -OCH3 is 1. The van der Waals surface area contributed by atoms with Crippen LogP contribution in [0.2, 0.25) is 0 Å². The van der Waals surface area contributed by atoms with Crippen LogP contribution in [0, 0.1) is 5.41 Å². The lowest BCUT2D eigenvalue weighted by Crippen LogP contribution is -2.29. The van der Waals surface area contributed by atoms with Gasteiger partial charge in [0.15, 0.2) is 5.75 Å². The van der Waals surface area contributed by atoms with E-state index in [2.05, 4.69) is 19.2 Å². The molecule has 1 amide bonds. The number of rotatable bonds is 4. The van der Waals surface area contributed by atoms with Gasteiger partial charge in [-0.1, -0.05) is 13.8 Å². The minimum Gasteiger partial charge on any atom is -0.492 e. The summed E-state index contributed by atoms with van der Waals surface area (Å²) in [6.07, 6.45) is 4.60. The fraction of sp³-hybridized carbons (Fsp3) is 0.643. The first-order chi connectivity index (χ1) is 9.34. The third-order valence-corrected chi connectivity index (χ3v) is 5.13. The number of carbonyl (C=O) groups is 1. The zero-order chi connectivity index (χ0) is 14.9. The third-order valence-electron chi connectivity index (χ3n) is 4.00. The Balaban J connectivity index is 2.14. The van der Waals surface area contributed by atoms with E-state index in [4.69, 9.17) is 16.2 Å². The van der Waals surface area contributed by atoms with E-state index in [1.807, 2.05) is 0 Å². The van der Waals surface area contributed by atoms with Crippen LogP contribution in [0.3, 0.4) is 0 Å². The average molecular weight is 297 g/mol. The molecule has 1 heterocycles. The fourth-order valence-electron chi connectivity index (χ4n) is 2.64. The summed E-state index contributed by atoms with van der Waals surface area (Å²) in [5.74, 6) is 0.0252. The fourth-order valence-corrected chi connectivity index (χ4v) is 3.66. The van der Waals surface area contributed by atoms with Crippen LogP contribution in [0.4, 0.5) is 10.7 Å². The lowest BCUT2D eigenvalue weighted by molar-refractivity contribution is 0.100. The number of nitrogens with two attached hydrogens (primary N) is 2.